The van der Waals surface area contributed by atoms with Crippen molar-refractivity contribution in [3.8, 4) is 6.07 Å². The van der Waals surface area contributed by atoms with Gasteiger partial charge < -0.3 is 0 Å². The summed E-state index contributed by atoms with van der Waals surface area (Å²) < 4.78 is 52.0. The lowest BCUT2D eigenvalue weighted by Gasteiger charge is -2.08. The normalized spacial score (nSPS) is 10.8. The van der Waals surface area contributed by atoms with Gasteiger partial charge in [0.15, 0.2) is 17.3 Å². The van der Waals surface area contributed by atoms with Gasteiger partial charge in [-0.25, -0.2) is 22.2 Å². The van der Waals surface area contributed by atoms with Crippen LogP contribution in [-0.2, 0) is 10.0 Å². The molecule has 0 spiro atoms. The highest BCUT2D eigenvalue weighted by Crippen LogP contribution is 2.19. The summed E-state index contributed by atoms with van der Waals surface area (Å²) in [4.78, 5) is 3.28. The number of halogens is 2. The van der Waals surface area contributed by atoms with Crippen molar-refractivity contribution in [3.63, 3.8) is 0 Å². The summed E-state index contributed by atoms with van der Waals surface area (Å²) in [6.07, 6.45) is 1.27. The third-order valence-electron chi connectivity index (χ3n) is 2.34. The Balaban J connectivity index is 2.41. The first-order chi connectivity index (χ1) is 9.44. The maximum absolute atomic E-state index is 13.0. The predicted octanol–water partition coefficient (Wildman–Crippen LogP) is 2.03. The average molecular weight is 295 g/mol. The Morgan fingerprint density at radius 3 is 2.60 bits per heavy atom. The van der Waals surface area contributed by atoms with E-state index in [2.05, 4.69) is 9.71 Å². The van der Waals surface area contributed by atoms with Crippen LogP contribution in [0.5, 0.6) is 0 Å². The molecule has 0 fully saturated rings. The first-order valence-electron chi connectivity index (χ1n) is 5.27. The number of nitrogens with one attached hydrogen (secondary N) is 1. The lowest BCUT2D eigenvalue weighted by molar-refractivity contribution is 0.509. The maximum Gasteiger partial charge on any atom is 0.264 e. The van der Waals surface area contributed by atoms with E-state index in [1.807, 2.05) is 0 Å². The zero-order valence-corrected chi connectivity index (χ0v) is 10.7. The van der Waals surface area contributed by atoms with Gasteiger partial charge in [-0.15, -0.1) is 0 Å². The summed E-state index contributed by atoms with van der Waals surface area (Å²) >= 11 is 0. The molecule has 102 valence electrons. The van der Waals surface area contributed by atoms with Crippen LogP contribution in [0.3, 0.4) is 0 Å². The van der Waals surface area contributed by atoms with Crippen molar-refractivity contribution in [3.05, 3.63) is 53.9 Å². The molecule has 0 saturated heterocycles. The monoisotopic (exact) mass is 295 g/mol. The van der Waals surface area contributed by atoms with E-state index in [0.717, 1.165) is 12.1 Å². The second-order valence-electron chi connectivity index (χ2n) is 3.70. The molecule has 0 radical (unpaired) electrons. The molecule has 0 bridgehead atoms. The summed E-state index contributed by atoms with van der Waals surface area (Å²) in [5.74, 6) is -2.27. The van der Waals surface area contributed by atoms with E-state index in [4.69, 9.17) is 5.26 Å². The van der Waals surface area contributed by atoms with Crippen LogP contribution in [-0.4, -0.2) is 13.4 Å². The Bertz CT molecular complexity index is 801. The molecule has 2 rings (SSSR count). The molecule has 0 aliphatic rings. The Labute approximate surface area is 113 Å². The summed E-state index contributed by atoms with van der Waals surface area (Å²) in [5.41, 5.74) is -0.445. The summed E-state index contributed by atoms with van der Waals surface area (Å²) in [7, 11) is -4.11. The van der Waals surface area contributed by atoms with Crippen molar-refractivity contribution in [2.75, 3.05) is 4.72 Å². The highest BCUT2D eigenvalue weighted by molar-refractivity contribution is 7.92. The molecule has 1 heterocycles. The van der Waals surface area contributed by atoms with Gasteiger partial charge in [0, 0.05) is 12.3 Å². The van der Waals surface area contributed by atoms with Gasteiger partial charge in [-0.2, -0.15) is 5.26 Å². The van der Waals surface area contributed by atoms with Crippen LogP contribution in [0.15, 0.2) is 41.4 Å². The number of aromatic nitrogens is 1. The molecule has 1 aromatic carbocycles. The Morgan fingerprint density at radius 2 is 1.95 bits per heavy atom. The second-order valence-corrected chi connectivity index (χ2v) is 5.35. The first kappa shape index (κ1) is 13.9. The number of pyridine rings is 1. The van der Waals surface area contributed by atoms with E-state index in [1.54, 1.807) is 6.07 Å². The van der Waals surface area contributed by atoms with Crippen molar-refractivity contribution in [2.24, 2.45) is 0 Å². The Hall–Kier alpha value is -2.53. The Kier molecular flexibility index (Phi) is 3.63. The zero-order valence-electron chi connectivity index (χ0n) is 9.84. The van der Waals surface area contributed by atoms with Crippen LogP contribution in [0.4, 0.5) is 14.5 Å². The molecular formula is C12H7F2N3O2S. The zero-order chi connectivity index (χ0) is 14.8. The smallest absolute Gasteiger partial charge is 0.264 e. The topological polar surface area (TPSA) is 82.8 Å². The number of nitriles is 1. The van der Waals surface area contributed by atoms with Crippen LogP contribution in [0.25, 0.3) is 0 Å². The van der Waals surface area contributed by atoms with Crippen LogP contribution in [0.1, 0.15) is 5.69 Å². The number of hydrogen-bond donors (Lipinski definition) is 1. The van der Waals surface area contributed by atoms with Gasteiger partial charge in [0.2, 0.25) is 0 Å². The van der Waals surface area contributed by atoms with Crippen molar-refractivity contribution >= 4 is 15.7 Å². The number of hydrogen-bond acceptors (Lipinski definition) is 4. The lowest BCUT2D eigenvalue weighted by atomic mass is 10.3. The molecular weight excluding hydrogens is 288 g/mol. The third-order valence-corrected chi connectivity index (χ3v) is 3.75. The summed E-state index contributed by atoms with van der Waals surface area (Å²) in [5, 5.41) is 8.81. The molecule has 0 aliphatic carbocycles. The Morgan fingerprint density at radius 1 is 1.20 bits per heavy atom. The van der Waals surface area contributed by atoms with E-state index >= 15 is 0 Å². The minimum absolute atomic E-state index is 0.156. The number of anilines is 1. The van der Waals surface area contributed by atoms with Crippen molar-refractivity contribution < 1.29 is 17.2 Å². The highest BCUT2D eigenvalue weighted by atomic mass is 32.2. The standard InChI is InChI=1S/C12H7F2N3O2S/c13-9-4-3-8(6-10(9)14)17-20(18,19)12-2-1-5-16-11(12)7-15/h1-6,17H. The fourth-order valence-electron chi connectivity index (χ4n) is 1.46. The SMILES string of the molecule is N#Cc1ncccc1S(=O)(=O)Nc1ccc(F)c(F)c1. The van der Waals surface area contributed by atoms with Crippen molar-refractivity contribution in [1.82, 2.24) is 4.98 Å². The van der Waals surface area contributed by atoms with E-state index < -0.39 is 21.7 Å². The molecule has 8 heteroatoms. The third kappa shape index (κ3) is 2.73. The van der Waals surface area contributed by atoms with Gasteiger partial charge in [0.25, 0.3) is 10.0 Å². The van der Waals surface area contributed by atoms with Gasteiger partial charge in [0.05, 0.1) is 5.69 Å². The van der Waals surface area contributed by atoms with E-state index in [9.17, 15) is 17.2 Å². The average Bonchev–Trinajstić information content (AvgIpc) is 2.42. The minimum atomic E-state index is -4.11. The molecule has 0 atom stereocenters. The number of benzene rings is 1. The number of rotatable bonds is 3. The van der Waals surface area contributed by atoms with E-state index in [1.165, 1.54) is 18.3 Å². The number of sulfonamides is 1. The van der Waals surface area contributed by atoms with Gasteiger partial charge >= 0.3 is 0 Å². The van der Waals surface area contributed by atoms with E-state index in [0.29, 0.717) is 6.07 Å². The van der Waals surface area contributed by atoms with Crippen molar-refractivity contribution in [2.45, 2.75) is 4.90 Å². The molecule has 1 N–H and O–H groups in total. The number of nitrogens with zero attached hydrogens (tertiary/aromatic N) is 2. The predicted molar refractivity (Wildman–Crippen MR) is 66.1 cm³/mol. The summed E-state index contributed by atoms with van der Waals surface area (Å²) in [6.45, 7) is 0. The van der Waals surface area contributed by atoms with Crippen molar-refractivity contribution in [1.29, 1.82) is 5.26 Å². The maximum atomic E-state index is 13.0. The molecule has 0 aliphatic heterocycles. The van der Waals surface area contributed by atoms with Crippen LogP contribution >= 0.6 is 0 Å². The van der Waals surface area contributed by atoms with Gasteiger partial charge in [-0.1, -0.05) is 0 Å². The second kappa shape index (κ2) is 5.22. The van der Waals surface area contributed by atoms with Crippen LogP contribution < -0.4 is 4.72 Å². The van der Waals surface area contributed by atoms with E-state index in [-0.39, 0.29) is 16.3 Å². The highest BCUT2D eigenvalue weighted by Gasteiger charge is 2.19. The quantitative estimate of drug-likeness (QED) is 0.939. The van der Waals surface area contributed by atoms with Crippen LogP contribution in [0, 0.1) is 23.0 Å². The fraction of sp³-hybridized carbons (Fsp3) is 0. The molecule has 2 aromatic rings. The van der Waals surface area contributed by atoms with Gasteiger partial charge in [-0.05, 0) is 24.3 Å². The largest absolute Gasteiger partial charge is 0.279 e. The summed E-state index contributed by atoms with van der Waals surface area (Å²) in [6, 6.07) is 6.74. The lowest BCUT2D eigenvalue weighted by Crippen LogP contribution is -2.15. The first-order valence-corrected chi connectivity index (χ1v) is 6.75. The fourth-order valence-corrected chi connectivity index (χ4v) is 2.62. The van der Waals surface area contributed by atoms with Crippen LogP contribution in [0.2, 0.25) is 0 Å². The molecule has 1 aromatic heterocycles. The molecule has 0 amide bonds. The molecule has 0 unspecified atom stereocenters. The molecule has 0 saturated carbocycles. The molecule has 5 nitrogen and oxygen atoms in total. The minimum Gasteiger partial charge on any atom is -0.279 e. The molecule has 20 heavy (non-hydrogen) atoms. The van der Waals surface area contributed by atoms with Gasteiger partial charge in [-0.3, -0.25) is 4.72 Å². The van der Waals surface area contributed by atoms with Gasteiger partial charge in [0.1, 0.15) is 11.0 Å².